The average Bonchev–Trinajstić information content (AvgIpc) is 2.76. The van der Waals surface area contributed by atoms with Gasteiger partial charge in [-0.2, -0.15) is 0 Å². The van der Waals surface area contributed by atoms with Gasteiger partial charge in [-0.15, -0.1) is 0 Å². The van der Waals surface area contributed by atoms with Gasteiger partial charge in [-0.1, -0.05) is 60.7 Å². The summed E-state index contributed by atoms with van der Waals surface area (Å²) in [6.45, 7) is 0. The lowest BCUT2D eigenvalue weighted by Crippen LogP contribution is -1.96. The van der Waals surface area contributed by atoms with Gasteiger partial charge in [-0.05, 0) is 17.2 Å². The fraction of sp³-hybridized carbons (Fsp3) is 0. The Kier molecular flexibility index (Phi) is 3.09. The molecular weight excluding hydrogens is 252 g/mol. The molecule has 0 bridgehead atoms. The molecule has 0 amide bonds. The second-order valence-electron chi connectivity index (χ2n) is 4.40. The van der Waals surface area contributed by atoms with Gasteiger partial charge in [-0.3, -0.25) is 0 Å². The number of ether oxygens (including phenoxy) is 1. The molecule has 0 saturated heterocycles. The Labute approximate surface area is 116 Å². The maximum Gasteiger partial charge on any atom is 0.379 e. The monoisotopic (exact) mass is 264 g/mol. The molecule has 0 aromatic heterocycles. The summed E-state index contributed by atoms with van der Waals surface area (Å²) < 4.78 is 5.14. The van der Waals surface area contributed by atoms with E-state index in [1.165, 1.54) is 0 Å². The molecule has 0 saturated carbocycles. The zero-order chi connectivity index (χ0) is 13.9. The molecule has 1 aliphatic rings. The molecule has 2 aromatic carbocycles. The Balaban J connectivity index is 2.09. The summed E-state index contributed by atoms with van der Waals surface area (Å²) in [5.74, 6) is -0.700. The van der Waals surface area contributed by atoms with E-state index < -0.39 is 5.97 Å². The van der Waals surface area contributed by atoms with E-state index in [1.54, 1.807) is 6.08 Å². The minimum absolute atomic E-state index is 0.349. The molecule has 98 valence electrons. The third kappa shape index (κ3) is 2.21. The van der Waals surface area contributed by atoms with Crippen LogP contribution in [0.4, 0.5) is 0 Å². The Morgan fingerprint density at radius 2 is 1.50 bits per heavy atom. The number of aliphatic hydroxyl groups is 1. The van der Waals surface area contributed by atoms with Gasteiger partial charge < -0.3 is 9.84 Å². The molecule has 0 aliphatic carbocycles. The van der Waals surface area contributed by atoms with Crippen molar-refractivity contribution >= 4 is 17.6 Å². The molecule has 1 N–H and O–H groups in total. The van der Waals surface area contributed by atoms with Crippen LogP contribution in [0.15, 0.2) is 72.2 Å². The highest BCUT2D eigenvalue weighted by Crippen LogP contribution is 2.34. The van der Waals surface area contributed by atoms with E-state index in [0.717, 1.165) is 11.1 Å². The van der Waals surface area contributed by atoms with Crippen LogP contribution in [-0.2, 0) is 9.53 Å². The molecule has 0 unspecified atom stereocenters. The number of aliphatic hydroxyl groups excluding tert-OH is 1. The lowest BCUT2D eigenvalue weighted by Gasteiger charge is -2.04. The molecule has 0 fully saturated rings. The highest BCUT2D eigenvalue weighted by Gasteiger charge is 2.30. The number of allylic oxidation sites excluding steroid dienone is 1. The van der Waals surface area contributed by atoms with Gasteiger partial charge in [0.1, 0.15) is 5.76 Å². The summed E-state index contributed by atoms with van der Waals surface area (Å²) in [5.41, 5.74) is 2.08. The lowest BCUT2D eigenvalue weighted by molar-refractivity contribution is -0.135. The molecule has 1 aliphatic heterocycles. The maximum atomic E-state index is 11.6. The average molecular weight is 264 g/mol. The molecular formula is C17H12O3. The normalized spacial score (nSPS) is 16.6. The number of rotatable bonds is 2. The molecule has 0 atom stereocenters. The number of benzene rings is 2. The first-order valence-electron chi connectivity index (χ1n) is 6.23. The van der Waals surface area contributed by atoms with Crippen LogP contribution in [0.1, 0.15) is 11.1 Å². The van der Waals surface area contributed by atoms with Crippen molar-refractivity contribution in [1.82, 2.24) is 0 Å². The number of cyclic esters (lactones) is 1. The minimum Gasteiger partial charge on any atom is -0.501 e. The van der Waals surface area contributed by atoms with Crippen LogP contribution in [-0.4, -0.2) is 11.1 Å². The molecule has 0 radical (unpaired) electrons. The third-order valence-electron chi connectivity index (χ3n) is 3.04. The SMILES string of the molecule is O=C1OC(=Cc2ccccc2)C(c2ccccc2)=C1O. The van der Waals surface area contributed by atoms with Gasteiger partial charge in [0, 0.05) is 0 Å². The van der Waals surface area contributed by atoms with Crippen LogP contribution in [0.2, 0.25) is 0 Å². The van der Waals surface area contributed by atoms with Gasteiger partial charge in [-0.25, -0.2) is 4.79 Å². The van der Waals surface area contributed by atoms with E-state index in [1.807, 2.05) is 60.7 Å². The highest BCUT2D eigenvalue weighted by atomic mass is 16.6. The van der Waals surface area contributed by atoms with Gasteiger partial charge in [0.15, 0.2) is 0 Å². The maximum absolute atomic E-state index is 11.6. The molecule has 3 heteroatoms. The van der Waals surface area contributed by atoms with Crippen LogP contribution in [0.5, 0.6) is 0 Å². The topological polar surface area (TPSA) is 46.5 Å². The summed E-state index contributed by atoms with van der Waals surface area (Å²) in [6, 6.07) is 18.7. The largest absolute Gasteiger partial charge is 0.501 e. The predicted octanol–water partition coefficient (Wildman–Crippen LogP) is 3.55. The van der Waals surface area contributed by atoms with E-state index in [9.17, 15) is 9.90 Å². The highest BCUT2D eigenvalue weighted by molar-refractivity contribution is 6.06. The standard InChI is InChI=1S/C17H12O3/c18-16-15(13-9-5-2-6-10-13)14(20-17(16)19)11-12-7-3-1-4-8-12/h1-11,18H. The first kappa shape index (κ1) is 12.2. The van der Waals surface area contributed by atoms with E-state index in [-0.39, 0.29) is 5.76 Å². The van der Waals surface area contributed by atoms with Gasteiger partial charge in [0.05, 0.1) is 5.57 Å². The van der Waals surface area contributed by atoms with Crippen LogP contribution >= 0.6 is 0 Å². The fourth-order valence-corrected chi connectivity index (χ4v) is 2.10. The summed E-state index contributed by atoms with van der Waals surface area (Å²) in [7, 11) is 0. The Morgan fingerprint density at radius 3 is 2.15 bits per heavy atom. The minimum atomic E-state index is -0.717. The summed E-state index contributed by atoms with van der Waals surface area (Å²) in [5, 5.41) is 9.92. The first-order chi connectivity index (χ1) is 9.75. The molecule has 0 spiro atoms. The summed E-state index contributed by atoms with van der Waals surface area (Å²) in [6.07, 6.45) is 1.74. The van der Waals surface area contributed by atoms with Crippen LogP contribution < -0.4 is 0 Å². The van der Waals surface area contributed by atoms with Crippen molar-refractivity contribution in [3.05, 3.63) is 83.3 Å². The van der Waals surface area contributed by atoms with Crippen molar-refractivity contribution in [3.8, 4) is 0 Å². The number of carbonyl (C=O) groups is 1. The van der Waals surface area contributed by atoms with Crippen molar-refractivity contribution < 1.29 is 14.6 Å². The van der Waals surface area contributed by atoms with Crippen molar-refractivity contribution in [1.29, 1.82) is 0 Å². The van der Waals surface area contributed by atoms with E-state index in [4.69, 9.17) is 4.74 Å². The number of hydrogen-bond donors (Lipinski definition) is 1. The zero-order valence-electron chi connectivity index (χ0n) is 10.6. The van der Waals surface area contributed by atoms with E-state index in [0.29, 0.717) is 11.3 Å². The van der Waals surface area contributed by atoms with Crippen molar-refractivity contribution in [2.24, 2.45) is 0 Å². The molecule has 2 aromatic rings. The Morgan fingerprint density at radius 1 is 0.900 bits per heavy atom. The van der Waals surface area contributed by atoms with Crippen molar-refractivity contribution in [2.45, 2.75) is 0 Å². The summed E-state index contributed by atoms with van der Waals surface area (Å²) in [4.78, 5) is 11.6. The molecule has 3 nitrogen and oxygen atoms in total. The number of carbonyl (C=O) groups excluding carboxylic acids is 1. The van der Waals surface area contributed by atoms with Crippen molar-refractivity contribution in [2.75, 3.05) is 0 Å². The quantitative estimate of drug-likeness (QED) is 0.844. The Hall–Kier alpha value is -2.81. The zero-order valence-corrected chi connectivity index (χ0v) is 10.6. The van der Waals surface area contributed by atoms with Crippen LogP contribution in [0.25, 0.3) is 11.6 Å². The second-order valence-corrected chi connectivity index (χ2v) is 4.40. The van der Waals surface area contributed by atoms with Crippen molar-refractivity contribution in [3.63, 3.8) is 0 Å². The van der Waals surface area contributed by atoms with Crippen LogP contribution in [0, 0.1) is 0 Å². The van der Waals surface area contributed by atoms with E-state index >= 15 is 0 Å². The second kappa shape index (κ2) is 5.05. The fourth-order valence-electron chi connectivity index (χ4n) is 2.10. The van der Waals surface area contributed by atoms with Gasteiger partial charge >= 0.3 is 5.97 Å². The lowest BCUT2D eigenvalue weighted by atomic mass is 10.0. The summed E-state index contributed by atoms with van der Waals surface area (Å²) >= 11 is 0. The molecule has 3 rings (SSSR count). The number of hydrogen-bond acceptors (Lipinski definition) is 3. The third-order valence-corrected chi connectivity index (χ3v) is 3.04. The van der Waals surface area contributed by atoms with Gasteiger partial charge in [0.2, 0.25) is 5.76 Å². The smallest absolute Gasteiger partial charge is 0.379 e. The first-order valence-corrected chi connectivity index (χ1v) is 6.23. The van der Waals surface area contributed by atoms with Crippen LogP contribution in [0.3, 0.4) is 0 Å². The van der Waals surface area contributed by atoms with E-state index in [2.05, 4.69) is 0 Å². The predicted molar refractivity (Wildman–Crippen MR) is 76.5 cm³/mol. The Bertz CT molecular complexity index is 698. The number of esters is 1. The van der Waals surface area contributed by atoms with Gasteiger partial charge in [0.25, 0.3) is 0 Å². The molecule has 1 heterocycles. The molecule has 20 heavy (non-hydrogen) atoms.